The topological polar surface area (TPSA) is 94.2 Å². The molecule has 8 heteroatoms. The summed E-state index contributed by atoms with van der Waals surface area (Å²) in [6.07, 6.45) is -1.29. The highest BCUT2D eigenvalue weighted by Gasteiger charge is 2.30. The van der Waals surface area contributed by atoms with Crippen LogP contribution in [0.15, 0.2) is 54.6 Å². The number of benzene rings is 2. The minimum Gasteiger partial charge on any atom is -0.478 e. The molecule has 2 aromatic carbocycles. The first-order valence-corrected chi connectivity index (χ1v) is 9.59. The predicted octanol–water partition coefficient (Wildman–Crippen LogP) is 1.99. The molecule has 0 saturated carbocycles. The van der Waals surface area contributed by atoms with Crippen LogP contribution in [0, 0.1) is 0 Å². The van der Waals surface area contributed by atoms with Gasteiger partial charge in [-0.25, -0.2) is 0 Å². The third-order valence-electron chi connectivity index (χ3n) is 4.55. The van der Waals surface area contributed by atoms with Crippen molar-refractivity contribution in [1.82, 2.24) is 4.90 Å². The average molecular weight is 412 g/mol. The number of carbonyl (C=O) groups excluding carboxylic acids is 3. The molecule has 0 aliphatic carbocycles. The van der Waals surface area contributed by atoms with Crippen molar-refractivity contribution >= 4 is 23.5 Å². The molecule has 1 aliphatic heterocycles. The second-order valence-corrected chi connectivity index (χ2v) is 6.75. The minimum atomic E-state index is -1.00. The molecule has 3 rings (SSSR count). The molecule has 1 atom stereocenters. The van der Waals surface area contributed by atoms with Crippen LogP contribution in [-0.4, -0.2) is 55.7 Å². The van der Waals surface area contributed by atoms with E-state index in [2.05, 4.69) is 5.32 Å². The third-order valence-corrected chi connectivity index (χ3v) is 4.55. The number of rotatable bonds is 9. The van der Waals surface area contributed by atoms with E-state index in [9.17, 15) is 14.4 Å². The SMILES string of the molecule is COCCN(Cc1ccccc1)C(=O)COC(=O)C[C@@H]1Oc2ccccc2NC1=O. The van der Waals surface area contributed by atoms with Gasteiger partial charge in [0.05, 0.1) is 18.7 Å². The lowest BCUT2D eigenvalue weighted by atomic mass is 10.1. The number of fused-ring (bicyclic) bond motifs is 1. The molecule has 1 N–H and O–H groups in total. The quantitative estimate of drug-likeness (QED) is 0.633. The van der Waals surface area contributed by atoms with E-state index in [1.54, 1.807) is 36.3 Å². The Morgan fingerprint density at radius 1 is 1.10 bits per heavy atom. The predicted molar refractivity (Wildman–Crippen MR) is 109 cm³/mol. The highest BCUT2D eigenvalue weighted by Crippen LogP contribution is 2.29. The standard InChI is InChI=1S/C22H24N2O6/c1-28-12-11-24(14-16-7-3-2-4-8-16)20(25)15-29-21(26)13-19-22(27)23-17-9-5-6-10-18(17)30-19/h2-10,19H,11-15H2,1H3,(H,23,27)/t19-/m0/s1. The number of anilines is 1. The third kappa shape index (κ3) is 5.81. The summed E-state index contributed by atoms with van der Waals surface area (Å²) in [6, 6.07) is 16.5. The fourth-order valence-electron chi connectivity index (χ4n) is 2.97. The van der Waals surface area contributed by atoms with E-state index in [0.29, 0.717) is 31.1 Å². The van der Waals surface area contributed by atoms with Crippen molar-refractivity contribution in [1.29, 1.82) is 0 Å². The lowest BCUT2D eigenvalue weighted by Gasteiger charge is -2.25. The molecule has 0 bridgehead atoms. The summed E-state index contributed by atoms with van der Waals surface area (Å²) in [5.74, 6) is -0.972. The van der Waals surface area contributed by atoms with Crippen LogP contribution in [0.1, 0.15) is 12.0 Å². The van der Waals surface area contributed by atoms with Crippen LogP contribution in [0.2, 0.25) is 0 Å². The molecule has 0 aromatic heterocycles. The fraction of sp³-hybridized carbons (Fsp3) is 0.318. The largest absolute Gasteiger partial charge is 0.478 e. The van der Waals surface area contributed by atoms with Crippen LogP contribution in [0.25, 0.3) is 0 Å². The summed E-state index contributed by atoms with van der Waals surface area (Å²) < 4.78 is 15.8. The van der Waals surface area contributed by atoms with E-state index in [4.69, 9.17) is 14.2 Å². The molecule has 0 spiro atoms. The second-order valence-electron chi connectivity index (χ2n) is 6.75. The average Bonchev–Trinajstić information content (AvgIpc) is 2.76. The van der Waals surface area contributed by atoms with Gasteiger partial charge in [-0.1, -0.05) is 42.5 Å². The Morgan fingerprint density at radius 3 is 2.60 bits per heavy atom. The Labute approximate surface area is 174 Å². The van der Waals surface area contributed by atoms with Gasteiger partial charge >= 0.3 is 5.97 Å². The van der Waals surface area contributed by atoms with Gasteiger partial charge in [-0.3, -0.25) is 14.4 Å². The summed E-state index contributed by atoms with van der Waals surface area (Å²) in [5, 5.41) is 2.69. The molecule has 1 aliphatic rings. The van der Waals surface area contributed by atoms with Crippen molar-refractivity contribution in [3.63, 3.8) is 0 Å². The minimum absolute atomic E-state index is 0.287. The lowest BCUT2D eigenvalue weighted by molar-refractivity contribution is -0.154. The zero-order valence-corrected chi connectivity index (χ0v) is 16.7. The molecule has 8 nitrogen and oxygen atoms in total. The van der Waals surface area contributed by atoms with Crippen LogP contribution in [0.4, 0.5) is 5.69 Å². The highest BCUT2D eigenvalue weighted by atomic mass is 16.5. The van der Waals surface area contributed by atoms with Crippen LogP contribution in [-0.2, 0) is 30.4 Å². The van der Waals surface area contributed by atoms with Crippen molar-refractivity contribution in [3.8, 4) is 5.75 Å². The summed E-state index contributed by atoms with van der Waals surface area (Å²) in [4.78, 5) is 38.4. The number of para-hydroxylation sites is 2. The van der Waals surface area contributed by atoms with Crippen LogP contribution < -0.4 is 10.1 Å². The maximum atomic E-state index is 12.6. The number of esters is 1. The highest BCUT2D eigenvalue weighted by molar-refractivity contribution is 5.99. The first kappa shape index (κ1) is 21.3. The van der Waals surface area contributed by atoms with E-state index >= 15 is 0 Å². The Kier molecular flexibility index (Phi) is 7.40. The molecule has 158 valence electrons. The van der Waals surface area contributed by atoms with E-state index in [1.807, 2.05) is 30.3 Å². The molecule has 1 heterocycles. The monoisotopic (exact) mass is 412 g/mol. The van der Waals surface area contributed by atoms with Crippen molar-refractivity contribution in [2.24, 2.45) is 0 Å². The zero-order valence-electron chi connectivity index (χ0n) is 16.7. The molecule has 2 aromatic rings. The number of ether oxygens (including phenoxy) is 3. The van der Waals surface area contributed by atoms with Gasteiger partial charge in [0.2, 0.25) is 0 Å². The number of hydrogen-bond acceptors (Lipinski definition) is 6. The summed E-state index contributed by atoms with van der Waals surface area (Å²) in [7, 11) is 1.55. The molecule has 0 fully saturated rings. The van der Waals surface area contributed by atoms with Crippen molar-refractivity contribution in [2.75, 3.05) is 32.2 Å². The van der Waals surface area contributed by atoms with Crippen LogP contribution in [0.3, 0.4) is 0 Å². The number of nitrogens with one attached hydrogen (secondary N) is 1. The van der Waals surface area contributed by atoms with Gasteiger partial charge in [0.25, 0.3) is 11.8 Å². The first-order chi connectivity index (χ1) is 14.6. The zero-order chi connectivity index (χ0) is 21.3. The number of carbonyl (C=O) groups is 3. The van der Waals surface area contributed by atoms with Crippen LogP contribution in [0.5, 0.6) is 5.75 Å². The van der Waals surface area contributed by atoms with Gasteiger partial charge in [-0.15, -0.1) is 0 Å². The first-order valence-electron chi connectivity index (χ1n) is 9.59. The van der Waals surface area contributed by atoms with Gasteiger partial charge in [-0.2, -0.15) is 0 Å². The Bertz CT molecular complexity index is 886. The summed E-state index contributed by atoms with van der Waals surface area (Å²) in [5.41, 5.74) is 1.51. The molecule has 2 amide bonds. The maximum Gasteiger partial charge on any atom is 0.310 e. The van der Waals surface area contributed by atoms with E-state index < -0.39 is 24.6 Å². The van der Waals surface area contributed by atoms with E-state index in [0.717, 1.165) is 5.56 Å². The normalized spacial score (nSPS) is 14.8. The maximum absolute atomic E-state index is 12.6. The van der Waals surface area contributed by atoms with Crippen molar-refractivity contribution in [3.05, 3.63) is 60.2 Å². The Hall–Kier alpha value is -3.39. The molecule has 30 heavy (non-hydrogen) atoms. The van der Waals surface area contributed by atoms with Crippen LogP contribution >= 0.6 is 0 Å². The van der Waals surface area contributed by atoms with Gasteiger partial charge < -0.3 is 24.4 Å². The molecular weight excluding hydrogens is 388 g/mol. The Morgan fingerprint density at radius 2 is 1.83 bits per heavy atom. The smallest absolute Gasteiger partial charge is 0.310 e. The molecule has 0 radical (unpaired) electrons. The van der Waals surface area contributed by atoms with E-state index in [-0.39, 0.29) is 12.3 Å². The number of hydrogen-bond donors (Lipinski definition) is 1. The Balaban J connectivity index is 1.52. The second kappa shape index (κ2) is 10.4. The molecule has 0 unspecified atom stereocenters. The number of amides is 2. The van der Waals surface area contributed by atoms with Gasteiger partial charge in [-0.05, 0) is 17.7 Å². The summed E-state index contributed by atoms with van der Waals surface area (Å²) >= 11 is 0. The summed E-state index contributed by atoms with van der Waals surface area (Å²) in [6.45, 7) is 0.695. The molecular formula is C22H24N2O6. The van der Waals surface area contributed by atoms with Gasteiger partial charge in [0.1, 0.15) is 5.75 Å². The van der Waals surface area contributed by atoms with Crippen molar-refractivity contribution in [2.45, 2.75) is 19.1 Å². The number of nitrogens with zero attached hydrogens (tertiary/aromatic N) is 1. The van der Waals surface area contributed by atoms with Gasteiger partial charge in [0.15, 0.2) is 12.7 Å². The van der Waals surface area contributed by atoms with Gasteiger partial charge in [0, 0.05) is 20.2 Å². The number of methoxy groups -OCH3 is 1. The lowest BCUT2D eigenvalue weighted by Crippen LogP contribution is -2.40. The van der Waals surface area contributed by atoms with Crippen molar-refractivity contribution < 1.29 is 28.6 Å². The van der Waals surface area contributed by atoms with E-state index in [1.165, 1.54) is 0 Å². The fourth-order valence-corrected chi connectivity index (χ4v) is 2.97. The molecule has 0 saturated heterocycles.